The van der Waals surface area contributed by atoms with Crippen molar-refractivity contribution < 1.29 is 4.39 Å². The molecule has 0 saturated heterocycles. The van der Waals surface area contributed by atoms with E-state index in [1.165, 1.54) is 12.4 Å². The lowest BCUT2D eigenvalue weighted by Crippen LogP contribution is -2.10. The Morgan fingerprint density at radius 1 is 1.50 bits per heavy atom. The van der Waals surface area contributed by atoms with Crippen LogP contribution >= 0.6 is 0 Å². The van der Waals surface area contributed by atoms with E-state index in [1.54, 1.807) is 6.08 Å². The van der Waals surface area contributed by atoms with Crippen LogP contribution in [-0.2, 0) is 6.42 Å². The quantitative estimate of drug-likeness (QED) is 0.583. The molecule has 1 aliphatic carbocycles. The van der Waals surface area contributed by atoms with Crippen LogP contribution in [0.15, 0.2) is 12.4 Å². The Balaban J connectivity index is 2.53. The van der Waals surface area contributed by atoms with Crippen LogP contribution < -0.4 is 0 Å². The minimum Gasteiger partial charge on any atom is -0.243 e. The van der Waals surface area contributed by atoms with Gasteiger partial charge in [-0.1, -0.05) is 0 Å². The number of allylic oxidation sites excluding steroid dienone is 1. The van der Waals surface area contributed by atoms with Gasteiger partial charge in [0.15, 0.2) is 0 Å². The molecule has 0 spiro atoms. The SMILES string of the molecule is Cc1ncnc2c1CC(F)C=C2. The molecule has 0 aliphatic heterocycles. The normalized spacial score (nSPS) is 20.7. The fourth-order valence-electron chi connectivity index (χ4n) is 1.37. The molecule has 0 bridgehead atoms. The highest BCUT2D eigenvalue weighted by Gasteiger charge is 2.15. The van der Waals surface area contributed by atoms with Crippen LogP contribution in [0.5, 0.6) is 0 Å². The van der Waals surface area contributed by atoms with E-state index in [0.29, 0.717) is 6.42 Å². The number of nitrogens with zero attached hydrogens (tertiary/aromatic N) is 2. The lowest BCUT2D eigenvalue weighted by Gasteiger charge is -2.13. The molecule has 1 unspecified atom stereocenters. The number of fused-ring (bicyclic) bond motifs is 1. The van der Waals surface area contributed by atoms with E-state index < -0.39 is 6.17 Å². The van der Waals surface area contributed by atoms with Crippen molar-refractivity contribution >= 4 is 6.08 Å². The van der Waals surface area contributed by atoms with E-state index in [0.717, 1.165) is 17.0 Å². The van der Waals surface area contributed by atoms with Gasteiger partial charge in [0.05, 0.1) is 5.69 Å². The minimum atomic E-state index is -0.873. The zero-order valence-corrected chi connectivity index (χ0v) is 6.79. The van der Waals surface area contributed by atoms with Crippen molar-refractivity contribution in [2.75, 3.05) is 0 Å². The second-order valence-electron chi connectivity index (χ2n) is 2.90. The van der Waals surface area contributed by atoms with Gasteiger partial charge in [0.2, 0.25) is 0 Å². The highest BCUT2D eigenvalue weighted by molar-refractivity contribution is 5.53. The zero-order valence-electron chi connectivity index (χ0n) is 6.79. The molecule has 2 rings (SSSR count). The topological polar surface area (TPSA) is 25.8 Å². The van der Waals surface area contributed by atoms with Crippen LogP contribution in [0.1, 0.15) is 17.0 Å². The smallest absolute Gasteiger partial charge is 0.123 e. The summed E-state index contributed by atoms with van der Waals surface area (Å²) in [6.07, 6.45) is 4.31. The number of hydrogen-bond donors (Lipinski definition) is 0. The molecule has 1 atom stereocenters. The summed E-state index contributed by atoms with van der Waals surface area (Å²) in [5, 5.41) is 0. The van der Waals surface area contributed by atoms with Crippen LogP contribution in [0.25, 0.3) is 6.08 Å². The van der Waals surface area contributed by atoms with Gasteiger partial charge >= 0.3 is 0 Å². The molecule has 1 aromatic rings. The van der Waals surface area contributed by atoms with Crippen molar-refractivity contribution in [1.29, 1.82) is 0 Å². The third-order valence-corrected chi connectivity index (χ3v) is 2.06. The van der Waals surface area contributed by atoms with E-state index in [4.69, 9.17) is 0 Å². The molecular weight excluding hydrogens is 155 g/mol. The van der Waals surface area contributed by atoms with Gasteiger partial charge in [-0.05, 0) is 19.1 Å². The Bertz CT molecular complexity index is 333. The molecule has 2 nitrogen and oxygen atoms in total. The molecule has 1 aliphatic rings. The van der Waals surface area contributed by atoms with Crippen molar-refractivity contribution in [3.63, 3.8) is 0 Å². The van der Waals surface area contributed by atoms with Gasteiger partial charge in [0.25, 0.3) is 0 Å². The van der Waals surface area contributed by atoms with Crippen LogP contribution in [0.2, 0.25) is 0 Å². The molecule has 12 heavy (non-hydrogen) atoms. The van der Waals surface area contributed by atoms with Gasteiger partial charge in [0, 0.05) is 17.7 Å². The van der Waals surface area contributed by atoms with Gasteiger partial charge in [-0.3, -0.25) is 0 Å². The second-order valence-corrected chi connectivity index (χ2v) is 2.90. The van der Waals surface area contributed by atoms with Crippen molar-refractivity contribution in [2.45, 2.75) is 19.5 Å². The lowest BCUT2D eigenvalue weighted by molar-refractivity contribution is 0.395. The van der Waals surface area contributed by atoms with E-state index in [9.17, 15) is 4.39 Å². The molecule has 1 aromatic heterocycles. The number of halogens is 1. The van der Waals surface area contributed by atoms with Crippen LogP contribution in [0.4, 0.5) is 4.39 Å². The van der Waals surface area contributed by atoms with Crippen molar-refractivity contribution in [2.24, 2.45) is 0 Å². The first-order valence-electron chi connectivity index (χ1n) is 3.90. The maximum Gasteiger partial charge on any atom is 0.123 e. The van der Waals surface area contributed by atoms with Gasteiger partial charge in [-0.2, -0.15) is 0 Å². The predicted molar refractivity (Wildman–Crippen MR) is 44.4 cm³/mol. The molecule has 0 aromatic carbocycles. The van der Waals surface area contributed by atoms with Gasteiger partial charge in [-0.15, -0.1) is 0 Å². The molecule has 1 heterocycles. The average molecular weight is 164 g/mol. The first kappa shape index (κ1) is 7.40. The molecule has 0 amide bonds. The third-order valence-electron chi connectivity index (χ3n) is 2.06. The van der Waals surface area contributed by atoms with E-state index in [-0.39, 0.29) is 0 Å². The van der Waals surface area contributed by atoms with E-state index in [1.807, 2.05) is 6.92 Å². The Hall–Kier alpha value is -1.25. The van der Waals surface area contributed by atoms with E-state index >= 15 is 0 Å². The van der Waals surface area contributed by atoms with Crippen LogP contribution in [0, 0.1) is 6.92 Å². The van der Waals surface area contributed by atoms with Gasteiger partial charge in [-0.25, -0.2) is 14.4 Å². The Labute approximate surface area is 70.2 Å². The fraction of sp³-hybridized carbons (Fsp3) is 0.333. The summed E-state index contributed by atoms with van der Waals surface area (Å²) in [6.45, 7) is 1.88. The van der Waals surface area contributed by atoms with Gasteiger partial charge < -0.3 is 0 Å². The Morgan fingerprint density at radius 3 is 3.17 bits per heavy atom. The first-order valence-corrected chi connectivity index (χ1v) is 3.90. The maximum absolute atomic E-state index is 12.9. The molecule has 0 saturated carbocycles. The Kier molecular flexibility index (Phi) is 1.64. The largest absolute Gasteiger partial charge is 0.243 e. The lowest BCUT2D eigenvalue weighted by atomic mass is 10.00. The number of hydrogen-bond acceptors (Lipinski definition) is 2. The number of alkyl halides is 1. The first-order chi connectivity index (χ1) is 5.77. The van der Waals surface area contributed by atoms with Crippen molar-refractivity contribution in [3.8, 4) is 0 Å². The Morgan fingerprint density at radius 2 is 2.33 bits per heavy atom. The van der Waals surface area contributed by atoms with Crippen molar-refractivity contribution in [1.82, 2.24) is 9.97 Å². The molecule has 3 heteroatoms. The van der Waals surface area contributed by atoms with Crippen molar-refractivity contribution in [3.05, 3.63) is 29.4 Å². The summed E-state index contributed by atoms with van der Waals surface area (Å²) in [5.74, 6) is 0. The highest BCUT2D eigenvalue weighted by Crippen LogP contribution is 2.20. The number of aromatic nitrogens is 2. The zero-order chi connectivity index (χ0) is 8.55. The second kappa shape index (κ2) is 2.66. The van der Waals surface area contributed by atoms with Crippen LogP contribution in [-0.4, -0.2) is 16.1 Å². The molecular formula is C9H9FN2. The summed E-state index contributed by atoms with van der Waals surface area (Å²) in [7, 11) is 0. The summed E-state index contributed by atoms with van der Waals surface area (Å²) in [5.41, 5.74) is 2.68. The number of rotatable bonds is 0. The summed E-state index contributed by atoms with van der Waals surface area (Å²) >= 11 is 0. The monoisotopic (exact) mass is 164 g/mol. The third kappa shape index (κ3) is 1.11. The molecule has 0 N–H and O–H groups in total. The minimum absolute atomic E-state index is 0.415. The molecule has 62 valence electrons. The highest BCUT2D eigenvalue weighted by atomic mass is 19.1. The summed E-state index contributed by atoms with van der Waals surface area (Å²) < 4.78 is 12.9. The molecule has 0 radical (unpaired) electrons. The average Bonchev–Trinajstić information content (AvgIpc) is 2.07. The maximum atomic E-state index is 12.9. The summed E-state index contributed by atoms with van der Waals surface area (Å²) in [4.78, 5) is 8.07. The number of aryl methyl sites for hydroxylation is 1. The van der Waals surface area contributed by atoms with Crippen LogP contribution in [0.3, 0.4) is 0 Å². The fourth-order valence-corrected chi connectivity index (χ4v) is 1.37. The predicted octanol–water partition coefficient (Wildman–Crippen LogP) is 1.69. The van der Waals surface area contributed by atoms with Gasteiger partial charge in [0.1, 0.15) is 12.5 Å². The standard InChI is InChI=1S/C9H9FN2/c1-6-8-4-7(10)2-3-9(8)12-5-11-6/h2-3,5,7H,4H2,1H3. The summed E-state index contributed by atoms with van der Waals surface area (Å²) in [6, 6.07) is 0. The van der Waals surface area contributed by atoms with E-state index in [2.05, 4.69) is 9.97 Å². The molecule has 0 fully saturated rings.